The largest absolute Gasteiger partial charge is 0.338 e. The van der Waals surface area contributed by atoms with Gasteiger partial charge in [0.15, 0.2) is 0 Å². The number of carbonyl (C=O) groups excluding carboxylic acids is 1. The SMILES string of the molecule is NC1CCCN(C(=O)/C=C/c2ccc(F)cc2)C1. The van der Waals surface area contributed by atoms with Crippen LogP contribution in [0.2, 0.25) is 0 Å². The predicted octanol–water partition coefficient (Wildman–Crippen LogP) is 1.79. The lowest BCUT2D eigenvalue weighted by molar-refractivity contribution is -0.127. The van der Waals surface area contributed by atoms with Gasteiger partial charge in [-0.05, 0) is 36.6 Å². The van der Waals surface area contributed by atoms with E-state index in [0.29, 0.717) is 6.54 Å². The molecule has 1 heterocycles. The summed E-state index contributed by atoms with van der Waals surface area (Å²) in [7, 11) is 0. The Balaban J connectivity index is 1.96. The molecule has 3 nitrogen and oxygen atoms in total. The van der Waals surface area contributed by atoms with Crippen molar-refractivity contribution in [2.24, 2.45) is 5.73 Å². The zero-order chi connectivity index (χ0) is 13.0. The summed E-state index contributed by atoms with van der Waals surface area (Å²) in [6.45, 7) is 1.38. The van der Waals surface area contributed by atoms with Crippen molar-refractivity contribution < 1.29 is 9.18 Å². The van der Waals surface area contributed by atoms with E-state index in [1.165, 1.54) is 18.2 Å². The summed E-state index contributed by atoms with van der Waals surface area (Å²) in [6, 6.07) is 6.12. The quantitative estimate of drug-likeness (QED) is 0.811. The molecule has 1 saturated heterocycles. The van der Waals surface area contributed by atoms with Crippen molar-refractivity contribution in [1.29, 1.82) is 0 Å². The molecule has 1 aliphatic rings. The monoisotopic (exact) mass is 248 g/mol. The minimum Gasteiger partial charge on any atom is -0.338 e. The minimum absolute atomic E-state index is 0.0329. The summed E-state index contributed by atoms with van der Waals surface area (Å²) in [5.74, 6) is -0.310. The van der Waals surface area contributed by atoms with Crippen LogP contribution in [0.5, 0.6) is 0 Å². The van der Waals surface area contributed by atoms with Gasteiger partial charge in [0.1, 0.15) is 5.82 Å². The van der Waals surface area contributed by atoms with Gasteiger partial charge in [0.2, 0.25) is 5.91 Å². The van der Waals surface area contributed by atoms with Crippen LogP contribution in [-0.4, -0.2) is 29.9 Å². The number of halogens is 1. The fourth-order valence-corrected chi connectivity index (χ4v) is 2.06. The number of nitrogens with zero attached hydrogens (tertiary/aromatic N) is 1. The van der Waals surface area contributed by atoms with Gasteiger partial charge in [-0.25, -0.2) is 4.39 Å². The molecule has 0 aliphatic carbocycles. The second kappa shape index (κ2) is 5.78. The molecule has 1 amide bonds. The molecular formula is C14H17FN2O. The van der Waals surface area contributed by atoms with Crippen molar-refractivity contribution in [2.75, 3.05) is 13.1 Å². The lowest BCUT2D eigenvalue weighted by Crippen LogP contribution is -2.45. The molecule has 18 heavy (non-hydrogen) atoms. The number of likely N-dealkylation sites (tertiary alicyclic amines) is 1. The molecule has 96 valence electrons. The van der Waals surface area contributed by atoms with E-state index in [4.69, 9.17) is 5.73 Å². The van der Waals surface area contributed by atoms with Gasteiger partial charge in [0.25, 0.3) is 0 Å². The summed E-state index contributed by atoms with van der Waals surface area (Å²) in [6.07, 6.45) is 5.15. The molecule has 1 aromatic carbocycles. The van der Waals surface area contributed by atoms with E-state index in [1.54, 1.807) is 23.1 Å². The van der Waals surface area contributed by atoms with Crippen LogP contribution in [0.25, 0.3) is 6.08 Å². The third-order valence-electron chi connectivity index (χ3n) is 3.06. The van der Waals surface area contributed by atoms with Gasteiger partial charge in [0.05, 0.1) is 0 Å². The van der Waals surface area contributed by atoms with E-state index in [2.05, 4.69) is 0 Å². The maximum Gasteiger partial charge on any atom is 0.246 e. The zero-order valence-corrected chi connectivity index (χ0v) is 10.2. The highest BCUT2D eigenvalue weighted by molar-refractivity contribution is 5.91. The average molecular weight is 248 g/mol. The van der Waals surface area contributed by atoms with Gasteiger partial charge in [-0.1, -0.05) is 12.1 Å². The first-order chi connectivity index (χ1) is 8.65. The third-order valence-corrected chi connectivity index (χ3v) is 3.06. The van der Waals surface area contributed by atoms with Gasteiger partial charge in [-0.3, -0.25) is 4.79 Å². The Morgan fingerprint density at radius 2 is 2.11 bits per heavy atom. The average Bonchev–Trinajstić information content (AvgIpc) is 2.38. The van der Waals surface area contributed by atoms with Crippen LogP contribution in [0.4, 0.5) is 4.39 Å². The summed E-state index contributed by atoms with van der Waals surface area (Å²) < 4.78 is 12.7. The Bertz CT molecular complexity index is 442. The first-order valence-electron chi connectivity index (χ1n) is 6.13. The van der Waals surface area contributed by atoms with Gasteiger partial charge < -0.3 is 10.6 Å². The van der Waals surface area contributed by atoms with Crippen LogP contribution in [-0.2, 0) is 4.79 Å². The lowest BCUT2D eigenvalue weighted by Gasteiger charge is -2.29. The molecule has 1 unspecified atom stereocenters. The zero-order valence-electron chi connectivity index (χ0n) is 10.2. The summed E-state index contributed by atoms with van der Waals surface area (Å²) in [5, 5.41) is 0. The molecule has 1 aromatic rings. The van der Waals surface area contributed by atoms with Crippen molar-refractivity contribution in [3.05, 3.63) is 41.7 Å². The molecule has 0 bridgehead atoms. The molecule has 1 fully saturated rings. The Morgan fingerprint density at radius 3 is 2.78 bits per heavy atom. The van der Waals surface area contributed by atoms with Crippen LogP contribution in [0, 0.1) is 5.82 Å². The van der Waals surface area contributed by atoms with Crippen molar-refractivity contribution in [3.63, 3.8) is 0 Å². The Morgan fingerprint density at radius 1 is 1.39 bits per heavy atom. The summed E-state index contributed by atoms with van der Waals surface area (Å²) in [5.41, 5.74) is 6.64. The molecular weight excluding hydrogens is 231 g/mol. The van der Waals surface area contributed by atoms with Crippen LogP contribution in [0.1, 0.15) is 18.4 Å². The van der Waals surface area contributed by atoms with Crippen molar-refractivity contribution in [1.82, 2.24) is 4.90 Å². The molecule has 1 atom stereocenters. The van der Waals surface area contributed by atoms with E-state index >= 15 is 0 Å². The fourth-order valence-electron chi connectivity index (χ4n) is 2.06. The highest BCUT2D eigenvalue weighted by Crippen LogP contribution is 2.10. The second-order valence-corrected chi connectivity index (χ2v) is 4.57. The van der Waals surface area contributed by atoms with Gasteiger partial charge in [-0.2, -0.15) is 0 Å². The molecule has 0 aromatic heterocycles. The lowest BCUT2D eigenvalue weighted by atomic mass is 10.1. The van der Waals surface area contributed by atoms with Crippen molar-refractivity contribution in [2.45, 2.75) is 18.9 Å². The van der Waals surface area contributed by atoms with Gasteiger partial charge in [0, 0.05) is 25.2 Å². The number of benzene rings is 1. The Labute approximate surface area is 106 Å². The minimum atomic E-state index is -0.277. The molecule has 0 radical (unpaired) electrons. The van der Waals surface area contributed by atoms with E-state index < -0.39 is 0 Å². The molecule has 2 rings (SSSR count). The molecule has 4 heteroatoms. The number of piperidine rings is 1. The van der Waals surface area contributed by atoms with E-state index in [1.807, 2.05) is 0 Å². The standard InChI is InChI=1S/C14H17FN2O/c15-12-6-3-11(4-7-12)5-8-14(18)17-9-1-2-13(16)10-17/h3-8,13H,1-2,9-10,16H2/b8-5+. The van der Waals surface area contributed by atoms with Gasteiger partial charge in [-0.15, -0.1) is 0 Å². The van der Waals surface area contributed by atoms with Crippen LogP contribution in [0.3, 0.4) is 0 Å². The van der Waals surface area contributed by atoms with Crippen molar-refractivity contribution >= 4 is 12.0 Å². The first-order valence-corrected chi connectivity index (χ1v) is 6.13. The summed E-state index contributed by atoms with van der Waals surface area (Å²) in [4.78, 5) is 13.7. The number of hydrogen-bond acceptors (Lipinski definition) is 2. The smallest absolute Gasteiger partial charge is 0.246 e. The Kier molecular flexibility index (Phi) is 4.10. The number of nitrogens with two attached hydrogens (primary N) is 1. The van der Waals surface area contributed by atoms with E-state index in [0.717, 1.165) is 24.9 Å². The van der Waals surface area contributed by atoms with Crippen LogP contribution < -0.4 is 5.73 Å². The van der Waals surface area contributed by atoms with E-state index in [9.17, 15) is 9.18 Å². The molecule has 0 spiro atoms. The third kappa shape index (κ3) is 3.40. The highest BCUT2D eigenvalue weighted by atomic mass is 19.1. The Hall–Kier alpha value is -1.68. The molecule has 1 aliphatic heterocycles. The van der Waals surface area contributed by atoms with Crippen LogP contribution >= 0.6 is 0 Å². The maximum atomic E-state index is 12.7. The van der Waals surface area contributed by atoms with Crippen molar-refractivity contribution in [3.8, 4) is 0 Å². The number of amides is 1. The topological polar surface area (TPSA) is 46.3 Å². The number of rotatable bonds is 2. The first kappa shape index (κ1) is 12.8. The second-order valence-electron chi connectivity index (χ2n) is 4.57. The molecule has 0 saturated carbocycles. The fraction of sp³-hybridized carbons (Fsp3) is 0.357. The highest BCUT2D eigenvalue weighted by Gasteiger charge is 2.19. The number of hydrogen-bond donors (Lipinski definition) is 1. The number of carbonyl (C=O) groups is 1. The predicted molar refractivity (Wildman–Crippen MR) is 69.2 cm³/mol. The van der Waals surface area contributed by atoms with Gasteiger partial charge >= 0.3 is 0 Å². The normalized spacial score (nSPS) is 20.3. The molecule has 2 N–H and O–H groups in total. The van der Waals surface area contributed by atoms with Crippen LogP contribution in [0.15, 0.2) is 30.3 Å². The summed E-state index contributed by atoms with van der Waals surface area (Å²) >= 11 is 0. The maximum absolute atomic E-state index is 12.7. The van der Waals surface area contributed by atoms with E-state index in [-0.39, 0.29) is 17.8 Å².